The fourth-order valence-electron chi connectivity index (χ4n) is 3.47. The maximum Gasteiger partial charge on any atom is 0.308 e. The summed E-state index contributed by atoms with van der Waals surface area (Å²) in [4.78, 5) is 22.1. The van der Waals surface area contributed by atoms with Gasteiger partial charge in [-0.05, 0) is 31.7 Å². The highest BCUT2D eigenvalue weighted by Crippen LogP contribution is 2.37. The number of ether oxygens (including phenoxy) is 1. The third kappa shape index (κ3) is 2.59. The van der Waals surface area contributed by atoms with Gasteiger partial charge in [-0.2, -0.15) is 0 Å². The van der Waals surface area contributed by atoms with Crippen LogP contribution in [0.25, 0.3) is 20.3 Å². The molecular weight excluding hydrogens is 308 g/mol. The molecule has 23 heavy (non-hydrogen) atoms. The quantitative estimate of drug-likeness (QED) is 0.659. The summed E-state index contributed by atoms with van der Waals surface area (Å²) in [5, 5.41) is 2.37. The topological polar surface area (TPSA) is 52.1 Å². The molecule has 3 aromatic rings. The number of fused-ring (bicyclic) bond motifs is 3. The second-order valence-electron chi connectivity index (χ2n) is 6.12. The van der Waals surface area contributed by atoms with E-state index in [1.54, 1.807) is 11.3 Å². The Balaban J connectivity index is 1.60. The summed E-state index contributed by atoms with van der Waals surface area (Å²) < 4.78 is 6.11. The average Bonchev–Trinajstić information content (AvgIpc) is 2.99. The van der Waals surface area contributed by atoms with Crippen molar-refractivity contribution in [2.24, 2.45) is 5.92 Å². The van der Waals surface area contributed by atoms with E-state index < -0.39 is 0 Å². The lowest BCUT2D eigenvalue weighted by Crippen LogP contribution is -2.22. The Morgan fingerprint density at radius 2 is 1.96 bits per heavy atom. The van der Waals surface area contributed by atoms with Crippen molar-refractivity contribution >= 4 is 37.6 Å². The average molecular weight is 326 g/mol. The predicted molar refractivity (Wildman–Crippen MR) is 91.6 cm³/mol. The fourth-order valence-corrected chi connectivity index (χ4v) is 4.53. The standard InChI is InChI=1S/C18H18N2O2S/c1-22-18(21)12-8-6-11(7-9-12)16-19-10-14-13-4-2-3-5-15(13)23-17(14)20-16/h2-5,10-12H,6-9H2,1H3. The number of rotatable bonds is 2. The normalized spacial score (nSPS) is 21.6. The minimum atomic E-state index is -0.0793. The summed E-state index contributed by atoms with van der Waals surface area (Å²) in [6, 6.07) is 8.36. The van der Waals surface area contributed by atoms with Crippen molar-refractivity contribution in [3.05, 3.63) is 36.3 Å². The molecule has 0 atom stereocenters. The van der Waals surface area contributed by atoms with E-state index in [4.69, 9.17) is 9.72 Å². The molecule has 1 aliphatic carbocycles. The number of thiophene rings is 1. The Morgan fingerprint density at radius 3 is 2.74 bits per heavy atom. The van der Waals surface area contributed by atoms with Gasteiger partial charge in [-0.1, -0.05) is 18.2 Å². The van der Waals surface area contributed by atoms with Crippen LogP contribution in [0, 0.1) is 5.92 Å². The Kier molecular flexibility index (Phi) is 3.73. The zero-order valence-corrected chi connectivity index (χ0v) is 13.8. The van der Waals surface area contributed by atoms with Gasteiger partial charge < -0.3 is 4.74 Å². The molecule has 118 valence electrons. The van der Waals surface area contributed by atoms with Crippen molar-refractivity contribution in [1.82, 2.24) is 9.97 Å². The third-order valence-corrected chi connectivity index (χ3v) is 5.86. The van der Waals surface area contributed by atoms with E-state index in [0.29, 0.717) is 5.92 Å². The molecule has 5 heteroatoms. The van der Waals surface area contributed by atoms with E-state index in [0.717, 1.165) is 41.7 Å². The van der Waals surface area contributed by atoms with Crippen molar-refractivity contribution < 1.29 is 9.53 Å². The van der Waals surface area contributed by atoms with Gasteiger partial charge in [-0.25, -0.2) is 9.97 Å². The molecule has 1 aliphatic rings. The summed E-state index contributed by atoms with van der Waals surface area (Å²) in [6.45, 7) is 0. The third-order valence-electron chi connectivity index (χ3n) is 4.78. The first-order chi connectivity index (χ1) is 11.3. The molecule has 0 unspecified atom stereocenters. The van der Waals surface area contributed by atoms with Gasteiger partial charge in [-0.3, -0.25) is 4.79 Å². The van der Waals surface area contributed by atoms with E-state index in [-0.39, 0.29) is 11.9 Å². The molecule has 0 radical (unpaired) electrons. The monoisotopic (exact) mass is 326 g/mol. The van der Waals surface area contributed by atoms with E-state index in [1.165, 1.54) is 17.2 Å². The van der Waals surface area contributed by atoms with Crippen LogP contribution < -0.4 is 0 Å². The summed E-state index contributed by atoms with van der Waals surface area (Å²) >= 11 is 1.72. The minimum absolute atomic E-state index is 0.0457. The molecule has 2 heterocycles. The van der Waals surface area contributed by atoms with E-state index in [1.807, 2.05) is 6.20 Å². The smallest absolute Gasteiger partial charge is 0.308 e. The van der Waals surface area contributed by atoms with Gasteiger partial charge >= 0.3 is 5.97 Å². The molecule has 1 saturated carbocycles. The zero-order valence-electron chi connectivity index (χ0n) is 13.0. The molecule has 0 N–H and O–H groups in total. The van der Waals surface area contributed by atoms with Gasteiger partial charge in [0.25, 0.3) is 0 Å². The molecule has 0 spiro atoms. The second kappa shape index (κ2) is 5.89. The van der Waals surface area contributed by atoms with Crippen LogP contribution in [-0.2, 0) is 9.53 Å². The van der Waals surface area contributed by atoms with Crippen LogP contribution in [0.4, 0.5) is 0 Å². The highest BCUT2D eigenvalue weighted by Gasteiger charge is 2.29. The first kappa shape index (κ1) is 14.6. The molecular formula is C18H18N2O2S. The first-order valence-electron chi connectivity index (χ1n) is 7.98. The van der Waals surface area contributed by atoms with Crippen molar-refractivity contribution in [3.8, 4) is 0 Å². The van der Waals surface area contributed by atoms with Gasteiger partial charge in [0.15, 0.2) is 0 Å². The molecule has 0 saturated heterocycles. The maximum atomic E-state index is 11.6. The molecule has 2 aromatic heterocycles. The molecule has 1 aromatic carbocycles. The van der Waals surface area contributed by atoms with Crippen LogP contribution >= 0.6 is 11.3 Å². The molecule has 0 bridgehead atoms. The number of benzene rings is 1. The number of nitrogens with zero attached hydrogens (tertiary/aromatic N) is 2. The van der Waals surface area contributed by atoms with Gasteiger partial charge in [0.1, 0.15) is 10.7 Å². The summed E-state index contributed by atoms with van der Waals surface area (Å²) in [6.07, 6.45) is 5.60. The summed E-state index contributed by atoms with van der Waals surface area (Å²) in [5.41, 5.74) is 0. The number of methoxy groups -OCH3 is 1. The number of hydrogen-bond donors (Lipinski definition) is 0. The Hall–Kier alpha value is -2.01. The fraction of sp³-hybridized carbons (Fsp3) is 0.389. The summed E-state index contributed by atoms with van der Waals surface area (Å²) in [7, 11) is 1.47. The number of carbonyl (C=O) groups excluding carboxylic acids is 1. The Morgan fingerprint density at radius 1 is 1.17 bits per heavy atom. The van der Waals surface area contributed by atoms with Crippen LogP contribution in [0.15, 0.2) is 30.5 Å². The van der Waals surface area contributed by atoms with Crippen LogP contribution in [0.1, 0.15) is 37.4 Å². The lowest BCUT2D eigenvalue weighted by Gasteiger charge is -2.25. The van der Waals surface area contributed by atoms with Crippen molar-refractivity contribution in [2.45, 2.75) is 31.6 Å². The van der Waals surface area contributed by atoms with E-state index in [9.17, 15) is 4.79 Å². The van der Waals surface area contributed by atoms with E-state index >= 15 is 0 Å². The molecule has 4 nitrogen and oxygen atoms in total. The van der Waals surface area contributed by atoms with Gasteiger partial charge in [0.05, 0.1) is 13.0 Å². The number of esters is 1. The number of hydrogen-bond acceptors (Lipinski definition) is 5. The van der Waals surface area contributed by atoms with Crippen LogP contribution in [0.2, 0.25) is 0 Å². The van der Waals surface area contributed by atoms with E-state index in [2.05, 4.69) is 29.2 Å². The van der Waals surface area contributed by atoms with Gasteiger partial charge in [0, 0.05) is 27.6 Å². The van der Waals surface area contributed by atoms with Crippen molar-refractivity contribution in [3.63, 3.8) is 0 Å². The minimum Gasteiger partial charge on any atom is -0.469 e. The Bertz CT molecular complexity index is 866. The number of carbonyl (C=O) groups is 1. The lowest BCUT2D eigenvalue weighted by atomic mass is 9.81. The first-order valence-corrected chi connectivity index (χ1v) is 8.80. The summed E-state index contributed by atoms with van der Waals surface area (Å²) in [5.74, 6) is 1.24. The molecule has 1 fully saturated rings. The maximum absolute atomic E-state index is 11.6. The molecule has 0 aliphatic heterocycles. The van der Waals surface area contributed by atoms with Crippen LogP contribution in [0.3, 0.4) is 0 Å². The SMILES string of the molecule is COC(=O)C1CCC(c2ncc3c(n2)sc2ccccc23)CC1. The largest absolute Gasteiger partial charge is 0.469 e. The van der Waals surface area contributed by atoms with Gasteiger partial charge in [-0.15, -0.1) is 11.3 Å². The highest BCUT2D eigenvalue weighted by atomic mass is 32.1. The van der Waals surface area contributed by atoms with Crippen LogP contribution in [0.5, 0.6) is 0 Å². The van der Waals surface area contributed by atoms with Gasteiger partial charge in [0.2, 0.25) is 0 Å². The molecule has 0 amide bonds. The Labute approximate surface area is 138 Å². The van der Waals surface area contributed by atoms with Crippen LogP contribution in [-0.4, -0.2) is 23.0 Å². The van der Waals surface area contributed by atoms with Crippen molar-refractivity contribution in [2.75, 3.05) is 7.11 Å². The lowest BCUT2D eigenvalue weighted by molar-refractivity contribution is -0.146. The highest BCUT2D eigenvalue weighted by molar-refractivity contribution is 7.25. The second-order valence-corrected chi connectivity index (χ2v) is 7.15. The zero-order chi connectivity index (χ0) is 15.8. The predicted octanol–water partition coefficient (Wildman–Crippen LogP) is 4.29. The van der Waals surface area contributed by atoms with Crippen molar-refractivity contribution in [1.29, 1.82) is 0 Å². The number of aromatic nitrogens is 2. The molecule has 4 rings (SSSR count).